The van der Waals surface area contributed by atoms with Gasteiger partial charge in [-0.2, -0.15) is 0 Å². The lowest BCUT2D eigenvalue weighted by atomic mass is 10.1. The summed E-state index contributed by atoms with van der Waals surface area (Å²) in [4.78, 5) is 2.13. The van der Waals surface area contributed by atoms with E-state index in [2.05, 4.69) is 45.6 Å². The first-order valence-electron chi connectivity index (χ1n) is 4.93. The van der Waals surface area contributed by atoms with Crippen LogP contribution < -0.4 is 10.6 Å². The van der Waals surface area contributed by atoms with Crippen LogP contribution in [-0.2, 0) is 0 Å². The van der Waals surface area contributed by atoms with Crippen molar-refractivity contribution in [3.63, 3.8) is 0 Å². The number of halogens is 1. The van der Waals surface area contributed by atoms with Crippen LogP contribution in [0.25, 0.3) is 0 Å². The van der Waals surface area contributed by atoms with Gasteiger partial charge < -0.3 is 10.6 Å². The van der Waals surface area contributed by atoms with Gasteiger partial charge in [0.15, 0.2) is 0 Å². The highest BCUT2D eigenvalue weighted by Crippen LogP contribution is 2.28. The van der Waals surface area contributed by atoms with Gasteiger partial charge in [0.2, 0.25) is 0 Å². The minimum Gasteiger partial charge on any atom is -0.370 e. The van der Waals surface area contributed by atoms with Crippen molar-refractivity contribution >= 4 is 21.6 Å². The first kappa shape index (κ1) is 12.3. The van der Waals surface area contributed by atoms with Crippen molar-refractivity contribution in [2.24, 2.45) is 5.73 Å². The third kappa shape index (κ3) is 3.08. The topological polar surface area (TPSA) is 29.3 Å². The molecule has 82 valence electrons. The van der Waals surface area contributed by atoms with Crippen LogP contribution in [0.1, 0.15) is 18.5 Å². The van der Waals surface area contributed by atoms with Gasteiger partial charge in [0.05, 0.1) is 5.69 Å². The van der Waals surface area contributed by atoms with Crippen molar-refractivity contribution in [3.05, 3.63) is 40.9 Å². The van der Waals surface area contributed by atoms with E-state index < -0.39 is 0 Å². The van der Waals surface area contributed by atoms with Crippen molar-refractivity contribution in [2.45, 2.75) is 13.0 Å². The molecule has 0 aliphatic carbocycles. The van der Waals surface area contributed by atoms with Crippen molar-refractivity contribution in [3.8, 4) is 0 Å². The third-order valence-electron chi connectivity index (χ3n) is 2.31. The smallest absolute Gasteiger partial charge is 0.0511 e. The van der Waals surface area contributed by atoms with Crippen LogP contribution in [0.2, 0.25) is 0 Å². The minimum absolute atomic E-state index is 0.0695. The average molecular weight is 269 g/mol. The van der Waals surface area contributed by atoms with Crippen molar-refractivity contribution in [1.82, 2.24) is 0 Å². The maximum Gasteiger partial charge on any atom is 0.0511 e. The van der Waals surface area contributed by atoms with Crippen molar-refractivity contribution in [2.75, 3.05) is 18.5 Å². The molecule has 3 heteroatoms. The zero-order valence-electron chi connectivity index (χ0n) is 9.20. The fourth-order valence-corrected chi connectivity index (χ4v) is 2.11. The van der Waals surface area contributed by atoms with Crippen molar-refractivity contribution in [1.29, 1.82) is 0 Å². The maximum absolute atomic E-state index is 5.82. The maximum atomic E-state index is 5.82. The Morgan fingerprint density at radius 1 is 1.60 bits per heavy atom. The molecule has 0 saturated carbocycles. The Bertz CT molecular complexity index is 347. The molecule has 1 rings (SSSR count). The van der Waals surface area contributed by atoms with E-state index >= 15 is 0 Å². The van der Waals surface area contributed by atoms with Crippen LogP contribution in [0.4, 0.5) is 5.69 Å². The summed E-state index contributed by atoms with van der Waals surface area (Å²) < 4.78 is 1.07. The number of hydrogen-bond donors (Lipinski definition) is 1. The molecule has 0 saturated heterocycles. The van der Waals surface area contributed by atoms with E-state index in [-0.39, 0.29) is 6.04 Å². The number of hydrogen-bond acceptors (Lipinski definition) is 2. The van der Waals surface area contributed by atoms with E-state index in [0.29, 0.717) is 0 Å². The molecule has 0 heterocycles. The molecule has 15 heavy (non-hydrogen) atoms. The largest absolute Gasteiger partial charge is 0.370 e. The summed E-state index contributed by atoms with van der Waals surface area (Å²) in [7, 11) is 2.04. The normalized spacial score (nSPS) is 12.3. The molecule has 0 radical (unpaired) electrons. The van der Waals surface area contributed by atoms with Crippen LogP contribution >= 0.6 is 15.9 Å². The van der Waals surface area contributed by atoms with Gasteiger partial charge in [-0.25, -0.2) is 0 Å². The first-order chi connectivity index (χ1) is 7.06. The molecule has 0 fully saturated rings. The molecule has 2 N–H and O–H groups in total. The highest BCUT2D eigenvalue weighted by atomic mass is 79.9. The van der Waals surface area contributed by atoms with Gasteiger partial charge in [0, 0.05) is 24.1 Å². The lowest BCUT2D eigenvalue weighted by Gasteiger charge is -2.20. The lowest BCUT2D eigenvalue weighted by Crippen LogP contribution is -2.17. The molecule has 0 unspecified atom stereocenters. The SMILES string of the molecule is C=CCN(C)c1ccc([C@H](C)N)cc1Br. The Hall–Kier alpha value is -0.800. The van der Waals surface area contributed by atoms with Gasteiger partial charge >= 0.3 is 0 Å². The molecular weight excluding hydrogens is 252 g/mol. The first-order valence-corrected chi connectivity index (χ1v) is 5.72. The number of likely N-dealkylation sites (N-methyl/N-ethyl adjacent to an activating group) is 1. The summed E-state index contributed by atoms with van der Waals surface area (Å²) in [5.41, 5.74) is 8.11. The molecule has 0 aromatic heterocycles. The van der Waals surface area contributed by atoms with Gasteiger partial charge in [-0.3, -0.25) is 0 Å². The Morgan fingerprint density at radius 2 is 2.27 bits per heavy atom. The van der Waals surface area contributed by atoms with E-state index in [4.69, 9.17) is 5.73 Å². The molecule has 0 bridgehead atoms. The Labute approximate surface area is 99.9 Å². The second-order valence-corrected chi connectivity index (χ2v) is 4.52. The zero-order chi connectivity index (χ0) is 11.4. The Kier molecular flexibility index (Phi) is 4.36. The van der Waals surface area contributed by atoms with E-state index in [9.17, 15) is 0 Å². The van der Waals surface area contributed by atoms with Crippen LogP contribution in [-0.4, -0.2) is 13.6 Å². The monoisotopic (exact) mass is 268 g/mol. The van der Waals surface area contributed by atoms with Crippen LogP contribution in [0, 0.1) is 0 Å². The molecular formula is C12H17BrN2. The van der Waals surface area contributed by atoms with Gasteiger partial charge in [-0.05, 0) is 40.5 Å². The summed E-state index contributed by atoms with van der Waals surface area (Å²) >= 11 is 3.55. The average Bonchev–Trinajstić information content (AvgIpc) is 2.17. The number of anilines is 1. The Morgan fingerprint density at radius 3 is 2.73 bits per heavy atom. The number of benzene rings is 1. The fourth-order valence-electron chi connectivity index (χ4n) is 1.41. The van der Waals surface area contributed by atoms with Gasteiger partial charge in [0.25, 0.3) is 0 Å². The van der Waals surface area contributed by atoms with Crippen molar-refractivity contribution < 1.29 is 0 Å². The molecule has 0 amide bonds. The third-order valence-corrected chi connectivity index (χ3v) is 2.95. The fraction of sp³-hybridized carbons (Fsp3) is 0.333. The number of rotatable bonds is 4. The molecule has 2 nitrogen and oxygen atoms in total. The van der Waals surface area contributed by atoms with Gasteiger partial charge in [-0.15, -0.1) is 6.58 Å². The van der Waals surface area contributed by atoms with E-state index in [0.717, 1.165) is 22.3 Å². The standard InChI is InChI=1S/C12H17BrN2/c1-4-7-15(3)12-6-5-10(9(2)14)8-11(12)13/h4-6,8-9H,1,7,14H2,2-3H3/t9-/m0/s1. The van der Waals surface area contributed by atoms with Gasteiger partial charge in [-0.1, -0.05) is 12.1 Å². The summed E-state index contributed by atoms with van der Waals surface area (Å²) in [5, 5.41) is 0. The van der Waals surface area contributed by atoms with Gasteiger partial charge in [0.1, 0.15) is 0 Å². The molecule has 1 aromatic carbocycles. The van der Waals surface area contributed by atoms with E-state index in [1.165, 1.54) is 0 Å². The van der Waals surface area contributed by atoms with Crippen LogP contribution in [0.3, 0.4) is 0 Å². The van der Waals surface area contributed by atoms with Crippen LogP contribution in [0.15, 0.2) is 35.3 Å². The summed E-state index contributed by atoms with van der Waals surface area (Å²) in [6.07, 6.45) is 1.88. The summed E-state index contributed by atoms with van der Waals surface area (Å²) in [5.74, 6) is 0. The quantitative estimate of drug-likeness (QED) is 0.851. The number of nitrogens with two attached hydrogens (primary N) is 1. The highest BCUT2D eigenvalue weighted by molar-refractivity contribution is 9.10. The molecule has 0 aliphatic heterocycles. The number of nitrogens with zero attached hydrogens (tertiary/aromatic N) is 1. The van der Waals surface area contributed by atoms with Crippen LogP contribution in [0.5, 0.6) is 0 Å². The van der Waals surface area contributed by atoms with E-state index in [1.807, 2.05) is 20.0 Å². The lowest BCUT2D eigenvalue weighted by molar-refractivity contribution is 0.817. The highest BCUT2D eigenvalue weighted by Gasteiger charge is 2.07. The second kappa shape index (κ2) is 5.33. The minimum atomic E-state index is 0.0695. The van der Waals surface area contributed by atoms with E-state index in [1.54, 1.807) is 0 Å². The molecule has 1 aromatic rings. The molecule has 0 spiro atoms. The predicted molar refractivity (Wildman–Crippen MR) is 70.2 cm³/mol. The molecule has 0 aliphatic rings. The molecule has 1 atom stereocenters. The summed E-state index contributed by atoms with van der Waals surface area (Å²) in [6, 6.07) is 6.27. The Balaban J connectivity index is 2.97. The summed E-state index contributed by atoms with van der Waals surface area (Å²) in [6.45, 7) is 6.54. The second-order valence-electron chi connectivity index (χ2n) is 3.67. The predicted octanol–water partition coefficient (Wildman–Crippen LogP) is 3.09. The zero-order valence-corrected chi connectivity index (χ0v) is 10.8.